The minimum absolute atomic E-state index is 0.0353. The molecular weight excluding hydrogens is 282 g/mol. The Kier molecular flexibility index (Phi) is 4.09. The zero-order chi connectivity index (χ0) is 15.5. The lowest BCUT2D eigenvalue weighted by Crippen LogP contribution is -2.24. The van der Waals surface area contributed by atoms with E-state index in [2.05, 4.69) is 10.1 Å². The van der Waals surface area contributed by atoms with Gasteiger partial charge in [-0.25, -0.2) is 0 Å². The average molecular weight is 301 g/mol. The first-order chi connectivity index (χ1) is 10.7. The summed E-state index contributed by atoms with van der Waals surface area (Å²) in [5.74, 6) is 2.08. The highest BCUT2D eigenvalue weighted by atomic mass is 16.5. The Bertz CT molecular complexity index is 651. The van der Waals surface area contributed by atoms with E-state index < -0.39 is 0 Å². The molecule has 1 amide bonds. The molecule has 1 aromatic heterocycles. The van der Waals surface area contributed by atoms with E-state index in [4.69, 9.17) is 9.26 Å². The van der Waals surface area contributed by atoms with Crippen LogP contribution < -0.4 is 9.64 Å². The highest BCUT2D eigenvalue weighted by molar-refractivity contribution is 5.96. The lowest BCUT2D eigenvalue weighted by atomic mass is 10.1. The molecule has 22 heavy (non-hydrogen) atoms. The van der Waals surface area contributed by atoms with Gasteiger partial charge in [-0.05, 0) is 31.2 Å². The summed E-state index contributed by atoms with van der Waals surface area (Å²) >= 11 is 0. The van der Waals surface area contributed by atoms with Crippen LogP contribution in [0.5, 0.6) is 5.75 Å². The molecule has 2 heterocycles. The lowest BCUT2D eigenvalue weighted by Gasteiger charge is -2.16. The second-order valence-electron chi connectivity index (χ2n) is 5.23. The summed E-state index contributed by atoms with van der Waals surface area (Å²) in [5.41, 5.74) is 0.867. The molecule has 6 heteroatoms. The molecule has 3 rings (SSSR count). The van der Waals surface area contributed by atoms with Gasteiger partial charge in [0.1, 0.15) is 5.75 Å². The molecule has 1 atom stereocenters. The third-order valence-electron chi connectivity index (χ3n) is 3.73. The highest BCUT2D eigenvalue weighted by Gasteiger charge is 2.35. The van der Waals surface area contributed by atoms with E-state index >= 15 is 0 Å². The van der Waals surface area contributed by atoms with Gasteiger partial charge in [-0.2, -0.15) is 4.98 Å². The molecule has 2 aromatic rings. The van der Waals surface area contributed by atoms with Gasteiger partial charge in [0.25, 0.3) is 0 Å². The van der Waals surface area contributed by atoms with Crippen LogP contribution in [0.25, 0.3) is 0 Å². The summed E-state index contributed by atoms with van der Waals surface area (Å²) in [6.45, 7) is 5.11. The third-order valence-corrected chi connectivity index (χ3v) is 3.73. The Hall–Kier alpha value is -2.37. The van der Waals surface area contributed by atoms with Crippen LogP contribution in [-0.4, -0.2) is 29.2 Å². The summed E-state index contributed by atoms with van der Waals surface area (Å²) in [4.78, 5) is 18.3. The number of hydrogen-bond acceptors (Lipinski definition) is 5. The molecule has 0 radical (unpaired) electrons. The number of hydrogen-bond donors (Lipinski definition) is 0. The van der Waals surface area contributed by atoms with Crippen LogP contribution in [0.2, 0.25) is 0 Å². The molecule has 1 aromatic carbocycles. The third kappa shape index (κ3) is 2.81. The predicted octanol–water partition coefficient (Wildman–Crippen LogP) is 2.55. The predicted molar refractivity (Wildman–Crippen MR) is 81.0 cm³/mol. The minimum atomic E-state index is -0.0353. The first-order valence-corrected chi connectivity index (χ1v) is 7.57. The van der Waals surface area contributed by atoms with Gasteiger partial charge in [0.05, 0.1) is 12.5 Å². The van der Waals surface area contributed by atoms with Crippen molar-refractivity contribution < 1.29 is 14.1 Å². The second kappa shape index (κ2) is 6.17. The monoisotopic (exact) mass is 301 g/mol. The summed E-state index contributed by atoms with van der Waals surface area (Å²) in [7, 11) is 0. The first-order valence-electron chi connectivity index (χ1n) is 7.57. The zero-order valence-corrected chi connectivity index (χ0v) is 12.8. The number of ether oxygens (including phenoxy) is 1. The molecule has 1 unspecified atom stereocenters. The fourth-order valence-electron chi connectivity index (χ4n) is 2.59. The van der Waals surface area contributed by atoms with Gasteiger partial charge in [-0.15, -0.1) is 0 Å². The molecule has 1 aliphatic rings. The number of benzene rings is 1. The second-order valence-corrected chi connectivity index (χ2v) is 5.23. The van der Waals surface area contributed by atoms with E-state index in [1.165, 1.54) is 0 Å². The molecule has 116 valence electrons. The Balaban J connectivity index is 1.74. The van der Waals surface area contributed by atoms with Gasteiger partial charge < -0.3 is 14.2 Å². The minimum Gasteiger partial charge on any atom is -0.494 e. The van der Waals surface area contributed by atoms with Gasteiger partial charge in [-0.3, -0.25) is 4.79 Å². The fourth-order valence-corrected chi connectivity index (χ4v) is 2.59. The number of aryl methyl sites for hydroxylation is 1. The van der Waals surface area contributed by atoms with Crippen LogP contribution in [0.4, 0.5) is 5.69 Å². The van der Waals surface area contributed by atoms with Crippen LogP contribution >= 0.6 is 0 Å². The maximum Gasteiger partial charge on any atom is 0.232 e. The quantitative estimate of drug-likeness (QED) is 0.849. The largest absolute Gasteiger partial charge is 0.494 e. The molecule has 0 spiro atoms. The highest BCUT2D eigenvalue weighted by Crippen LogP contribution is 2.31. The SMILES string of the molecule is CCOc1ccc(N2CC(c3nc(CC)no3)CC2=O)cc1. The average Bonchev–Trinajstić information content (AvgIpc) is 3.15. The Morgan fingerprint density at radius 3 is 2.73 bits per heavy atom. The van der Waals surface area contributed by atoms with E-state index in [9.17, 15) is 4.79 Å². The maximum absolute atomic E-state index is 12.3. The topological polar surface area (TPSA) is 68.5 Å². The van der Waals surface area contributed by atoms with Gasteiger partial charge in [0.2, 0.25) is 11.8 Å². The standard InChI is InChI=1S/C16H19N3O3/c1-3-14-17-16(22-18-14)11-9-15(20)19(10-11)12-5-7-13(8-6-12)21-4-2/h5-8,11H,3-4,9-10H2,1-2H3. The molecule has 1 saturated heterocycles. The van der Waals surface area contributed by atoms with Gasteiger partial charge in [0, 0.05) is 25.1 Å². The molecule has 1 aliphatic heterocycles. The smallest absolute Gasteiger partial charge is 0.232 e. The van der Waals surface area contributed by atoms with Crippen LogP contribution in [0.1, 0.15) is 37.9 Å². The van der Waals surface area contributed by atoms with E-state index in [1.54, 1.807) is 4.90 Å². The van der Waals surface area contributed by atoms with Crippen LogP contribution in [0.3, 0.4) is 0 Å². The van der Waals surface area contributed by atoms with Crippen LogP contribution in [0, 0.1) is 0 Å². The van der Waals surface area contributed by atoms with Gasteiger partial charge in [-0.1, -0.05) is 12.1 Å². The van der Waals surface area contributed by atoms with Crippen LogP contribution in [0.15, 0.2) is 28.8 Å². The van der Waals surface area contributed by atoms with Crippen molar-refractivity contribution in [1.82, 2.24) is 10.1 Å². The normalized spacial score (nSPS) is 18.0. The van der Waals surface area contributed by atoms with Crippen molar-refractivity contribution in [3.8, 4) is 5.75 Å². The Morgan fingerprint density at radius 1 is 1.32 bits per heavy atom. The molecule has 0 N–H and O–H groups in total. The zero-order valence-electron chi connectivity index (χ0n) is 12.8. The summed E-state index contributed by atoms with van der Waals surface area (Å²) in [6.07, 6.45) is 1.13. The van der Waals surface area contributed by atoms with E-state index in [0.717, 1.165) is 17.9 Å². The number of amides is 1. The van der Waals surface area contributed by atoms with Crippen molar-refractivity contribution in [3.63, 3.8) is 0 Å². The number of carbonyl (C=O) groups is 1. The van der Waals surface area contributed by atoms with Crippen LogP contribution in [-0.2, 0) is 11.2 Å². The van der Waals surface area contributed by atoms with Crippen molar-refractivity contribution in [3.05, 3.63) is 36.0 Å². The number of anilines is 1. The molecule has 1 fully saturated rings. The Morgan fingerprint density at radius 2 is 2.09 bits per heavy atom. The van der Waals surface area contributed by atoms with Crippen molar-refractivity contribution in [2.45, 2.75) is 32.6 Å². The number of nitrogens with zero attached hydrogens (tertiary/aromatic N) is 3. The van der Waals surface area contributed by atoms with Gasteiger partial charge in [0.15, 0.2) is 5.82 Å². The maximum atomic E-state index is 12.3. The van der Waals surface area contributed by atoms with E-state index in [1.807, 2.05) is 38.1 Å². The van der Waals surface area contributed by atoms with E-state index in [-0.39, 0.29) is 11.8 Å². The summed E-state index contributed by atoms with van der Waals surface area (Å²) in [5, 5.41) is 3.90. The molecular formula is C16H19N3O3. The first kappa shape index (κ1) is 14.6. The molecule has 0 saturated carbocycles. The molecule has 0 aliphatic carbocycles. The molecule has 6 nitrogen and oxygen atoms in total. The van der Waals surface area contributed by atoms with Crippen molar-refractivity contribution >= 4 is 11.6 Å². The number of aromatic nitrogens is 2. The van der Waals surface area contributed by atoms with Crippen molar-refractivity contribution in [1.29, 1.82) is 0 Å². The number of carbonyl (C=O) groups excluding carboxylic acids is 1. The van der Waals surface area contributed by atoms with Crippen molar-refractivity contribution in [2.75, 3.05) is 18.1 Å². The molecule has 0 bridgehead atoms. The number of rotatable bonds is 5. The van der Waals surface area contributed by atoms with E-state index in [0.29, 0.717) is 31.3 Å². The summed E-state index contributed by atoms with van der Waals surface area (Å²) < 4.78 is 10.7. The van der Waals surface area contributed by atoms with Crippen molar-refractivity contribution in [2.24, 2.45) is 0 Å². The summed E-state index contributed by atoms with van der Waals surface area (Å²) in [6, 6.07) is 7.55. The lowest BCUT2D eigenvalue weighted by molar-refractivity contribution is -0.117. The fraction of sp³-hybridized carbons (Fsp3) is 0.438. The Labute approximate surface area is 129 Å². The van der Waals surface area contributed by atoms with Gasteiger partial charge >= 0.3 is 0 Å².